The molecule has 1 fully saturated rings. The van der Waals surface area contributed by atoms with E-state index in [0.717, 1.165) is 10.9 Å². The van der Waals surface area contributed by atoms with E-state index in [1.54, 1.807) is 0 Å². The minimum Gasteiger partial charge on any atom is -0.387 e. The summed E-state index contributed by atoms with van der Waals surface area (Å²) in [6, 6.07) is 0. The van der Waals surface area contributed by atoms with Crippen molar-refractivity contribution < 1.29 is 48.8 Å². The van der Waals surface area contributed by atoms with Crippen molar-refractivity contribution in [1.82, 2.24) is 19.5 Å². The summed E-state index contributed by atoms with van der Waals surface area (Å²) in [6.07, 6.45) is -7.13. The molecule has 4 atom stereocenters. The Hall–Kier alpha value is -1.64. The fraction of sp³-hybridized carbons (Fsp3) is 0.455. The van der Waals surface area contributed by atoms with E-state index >= 15 is 0 Å². The third-order valence-electron chi connectivity index (χ3n) is 3.89. The molecule has 0 bridgehead atoms. The number of imidazole rings is 1. The van der Waals surface area contributed by atoms with Crippen molar-refractivity contribution in [2.75, 3.05) is 6.16 Å². The molecule has 3 rings (SSSR count). The molecule has 8 N–H and O–H groups in total. The Morgan fingerprint density at radius 1 is 1.29 bits per heavy atom. The number of carbonyl (C=O) groups is 1. The number of nitrogens with one attached hydrogen (secondary N) is 1. The summed E-state index contributed by atoms with van der Waals surface area (Å²) in [7, 11) is -9.46. The lowest BCUT2D eigenvalue weighted by Gasteiger charge is -2.16. The van der Waals surface area contributed by atoms with E-state index in [1.807, 2.05) is 4.98 Å². The van der Waals surface area contributed by atoms with E-state index in [4.69, 9.17) is 19.4 Å². The lowest BCUT2D eigenvalue weighted by atomic mass is 10.1. The van der Waals surface area contributed by atoms with Gasteiger partial charge in [0.1, 0.15) is 12.2 Å². The van der Waals surface area contributed by atoms with Crippen molar-refractivity contribution in [1.29, 1.82) is 0 Å². The molecule has 154 valence electrons. The molecular formula is C11H15N4O11P2+. The van der Waals surface area contributed by atoms with Crippen LogP contribution in [0.2, 0.25) is 0 Å². The number of Topliss-reactive ketones (excluding diaryl/α,β-unsaturated/α-hetero) is 1. The highest BCUT2D eigenvalue weighted by Gasteiger charge is 2.50. The summed E-state index contributed by atoms with van der Waals surface area (Å²) in [5, 5.41) is 20.2. The number of hydrogen-bond acceptors (Lipinski definition) is 11. The monoisotopic (exact) mass is 441 g/mol. The molecule has 28 heavy (non-hydrogen) atoms. The van der Waals surface area contributed by atoms with Crippen molar-refractivity contribution in [3.8, 4) is 0 Å². The van der Waals surface area contributed by atoms with Gasteiger partial charge in [0.15, 0.2) is 23.5 Å². The van der Waals surface area contributed by atoms with Gasteiger partial charge in [0.2, 0.25) is 17.5 Å². The average molecular weight is 441 g/mol. The Morgan fingerprint density at radius 3 is 2.50 bits per heavy atom. The van der Waals surface area contributed by atoms with Gasteiger partial charge in [0.25, 0.3) is 5.56 Å². The second kappa shape index (κ2) is 7.00. The van der Waals surface area contributed by atoms with Gasteiger partial charge in [0.05, 0.1) is 6.33 Å². The number of fused-ring (bicyclic) bond motifs is 1. The lowest BCUT2D eigenvalue weighted by Crippen LogP contribution is -2.37. The largest absolute Gasteiger partial charge is 0.411 e. The van der Waals surface area contributed by atoms with Crippen LogP contribution in [0.5, 0.6) is 0 Å². The first-order valence-corrected chi connectivity index (χ1v) is 10.9. The van der Waals surface area contributed by atoms with Crippen LogP contribution in [0.25, 0.3) is 11.2 Å². The smallest absolute Gasteiger partial charge is 0.387 e. The third-order valence-corrected chi connectivity index (χ3v) is 5.39. The molecule has 1 aliphatic rings. The van der Waals surface area contributed by atoms with Crippen LogP contribution < -0.4 is 11.1 Å². The van der Waals surface area contributed by atoms with Crippen LogP contribution in [0.15, 0.2) is 11.1 Å². The summed E-state index contributed by atoms with van der Waals surface area (Å²) in [5.74, 6) is -1.11. The number of rotatable bonds is 5. The van der Waals surface area contributed by atoms with Gasteiger partial charge in [-0.1, -0.05) is 0 Å². The van der Waals surface area contributed by atoms with Crippen molar-refractivity contribution >= 4 is 38.1 Å². The number of aromatic amines is 1. The molecule has 17 heteroatoms. The van der Waals surface area contributed by atoms with Gasteiger partial charge in [-0.05, 0) is 0 Å². The highest BCUT2D eigenvalue weighted by atomic mass is 31.2. The zero-order chi connectivity index (χ0) is 21.0. The van der Waals surface area contributed by atoms with Crippen molar-refractivity contribution in [3.05, 3.63) is 16.7 Å². The Balaban J connectivity index is 2.01. The normalized spacial score (nSPS) is 26.1. The number of nitrogens with zero attached hydrogens (tertiary/aromatic N) is 3. The van der Waals surface area contributed by atoms with Crippen LogP contribution in [-0.2, 0) is 14.1 Å². The molecule has 1 aliphatic heterocycles. The number of aromatic nitrogens is 4. The molecule has 15 nitrogen and oxygen atoms in total. The predicted octanol–water partition coefficient (Wildman–Crippen LogP) is -4.15. The summed E-state index contributed by atoms with van der Waals surface area (Å²) in [6.45, 7) is 0. The highest BCUT2D eigenvalue weighted by Crippen LogP contribution is 2.45. The Kier molecular flexibility index (Phi) is 5.27. The van der Waals surface area contributed by atoms with Gasteiger partial charge < -0.3 is 24.7 Å². The van der Waals surface area contributed by atoms with E-state index in [2.05, 4.69) is 9.97 Å². The molecule has 0 spiro atoms. The standard InChI is InChI=1S/C11H14N4O11P2/c16-3(1-27(20,21)22)7-5(17)6(18)10(26-7)15-2-12-4-8(15)13-11(14-9(4)19)28(23,24)25/h2,5-7,10,17-18,20-22H,1H2,(H2-,13,14,19,23,24,25)/p+1/t5-,6+,7+,10+/m0/s1. The molecular weight excluding hydrogens is 426 g/mol. The number of ketones is 1. The molecule has 0 aromatic carbocycles. The second-order valence-electron chi connectivity index (χ2n) is 6.00. The number of aliphatic hydroxyl groups excluding tert-OH is 2. The van der Waals surface area contributed by atoms with E-state index < -0.39 is 68.8 Å². The van der Waals surface area contributed by atoms with Crippen LogP contribution in [-0.4, -0.2) is 84.5 Å². The first kappa shape index (κ1) is 21.1. The molecule has 1 saturated heterocycles. The van der Waals surface area contributed by atoms with Gasteiger partial charge >= 0.3 is 15.5 Å². The fourth-order valence-corrected chi connectivity index (χ4v) is 3.76. The number of ether oxygens (including phenoxy) is 1. The maximum atomic E-state index is 12.0. The Bertz CT molecular complexity index is 1020. The molecule has 3 heterocycles. The summed E-state index contributed by atoms with van der Waals surface area (Å²) in [5.41, 5.74) is -2.72. The van der Waals surface area contributed by atoms with Crippen LogP contribution in [0.3, 0.4) is 0 Å². The van der Waals surface area contributed by atoms with E-state index in [9.17, 15) is 34.2 Å². The number of aliphatic hydroxyl groups is 2. The summed E-state index contributed by atoms with van der Waals surface area (Å²) >= 11 is 0. The maximum Gasteiger partial charge on any atom is 0.411 e. The van der Waals surface area contributed by atoms with Crippen LogP contribution in [0.4, 0.5) is 0 Å². The third kappa shape index (κ3) is 3.90. The molecule has 0 amide bonds. The number of carbonyl (C=O) groups excluding carboxylic acids is 1. The molecule has 0 radical (unpaired) electrons. The zero-order valence-corrected chi connectivity index (χ0v) is 15.4. The van der Waals surface area contributed by atoms with Crippen LogP contribution in [0.1, 0.15) is 6.23 Å². The summed E-state index contributed by atoms with van der Waals surface area (Å²) < 4.78 is 17.5. The molecule has 0 unspecified atom stereocenters. The van der Waals surface area contributed by atoms with Crippen molar-refractivity contribution in [2.45, 2.75) is 24.5 Å². The van der Waals surface area contributed by atoms with E-state index in [1.165, 1.54) is 0 Å². The van der Waals surface area contributed by atoms with Crippen LogP contribution in [0, 0.1) is 0 Å². The predicted molar refractivity (Wildman–Crippen MR) is 89.2 cm³/mol. The summed E-state index contributed by atoms with van der Waals surface area (Å²) in [4.78, 5) is 78.5. The minimum absolute atomic E-state index is 0.358. The maximum absolute atomic E-state index is 12.0. The highest BCUT2D eigenvalue weighted by molar-refractivity contribution is 7.59. The van der Waals surface area contributed by atoms with E-state index in [0.29, 0.717) is 0 Å². The molecule has 0 saturated carbocycles. The first-order chi connectivity index (χ1) is 12.8. The quantitative estimate of drug-likeness (QED) is 0.206. The zero-order valence-electron chi connectivity index (χ0n) is 13.6. The minimum atomic E-state index is -4.95. The Labute approximate surface area is 154 Å². The average Bonchev–Trinajstić information content (AvgIpc) is 3.08. The molecule has 2 aromatic rings. The van der Waals surface area contributed by atoms with Gasteiger partial charge in [-0.15, -0.1) is 0 Å². The van der Waals surface area contributed by atoms with Gasteiger partial charge in [-0.3, -0.25) is 23.7 Å². The van der Waals surface area contributed by atoms with Crippen molar-refractivity contribution in [3.63, 3.8) is 0 Å². The SMILES string of the molecule is O=C(C[P+](O)(O)O)[C@H]1O[C@@H](n2cnc3c(=O)[nH]c(P(=O)(O)O)nc32)[C@H](O)[C@@H]1O. The lowest BCUT2D eigenvalue weighted by molar-refractivity contribution is -0.133. The topological polar surface area (TPSA) is 249 Å². The number of H-pyrrole nitrogens is 1. The fourth-order valence-electron chi connectivity index (χ4n) is 2.69. The van der Waals surface area contributed by atoms with Gasteiger partial charge in [0, 0.05) is 0 Å². The van der Waals surface area contributed by atoms with Gasteiger partial charge in [-0.25, -0.2) is 9.97 Å². The Morgan fingerprint density at radius 2 is 1.93 bits per heavy atom. The molecule has 2 aromatic heterocycles. The van der Waals surface area contributed by atoms with Crippen LogP contribution >= 0.6 is 15.5 Å². The van der Waals surface area contributed by atoms with E-state index in [-0.39, 0.29) is 5.52 Å². The number of hydrogen-bond donors (Lipinski definition) is 8. The molecule has 0 aliphatic carbocycles. The first-order valence-electron chi connectivity index (χ1n) is 7.43. The van der Waals surface area contributed by atoms with Gasteiger partial charge in [-0.2, -0.15) is 14.7 Å². The second-order valence-corrected chi connectivity index (χ2v) is 9.22. The van der Waals surface area contributed by atoms with Crippen molar-refractivity contribution in [2.24, 2.45) is 0 Å².